The second-order valence-corrected chi connectivity index (χ2v) is 6.75. The number of nitro benzene ring substituents is 1. The summed E-state index contributed by atoms with van der Waals surface area (Å²) in [5.41, 5.74) is 0.961. The second kappa shape index (κ2) is 7.33. The number of carbonyl (C=O) groups excluding carboxylic acids is 1. The molecule has 2 aromatic carbocycles. The van der Waals surface area contributed by atoms with Crippen LogP contribution < -0.4 is 5.32 Å². The maximum Gasteiger partial charge on any atom is 0.283 e. The number of aromatic nitrogens is 3. The van der Waals surface area contributed by atoms with E-state index in [4.69, 9.17) is 11.6 Å². The van der Waals surface area contributed by atoms with Crippen molar-refractivity contribution in [2.75, 3.05) is 5.32 Å². The van der Waals surface area contributed by atoms with Crippen LogP contribution in [0.2, 0.25) is 5.02 Å². The van der Waals surface area contributed by atoms with Crippen LogP contribution in [0, 0.1) is 17.0 Å². The van der Waals surface area contributed by atoms with Gasteiger partial charge in [0.2, 0.25) is 0 Å². The van der Waals surface area contributed by atoms with E-state index in [1.165, 1.54) is 16.8 Å². The Morgan fingerprint density at radius 2 is 1.93 bits per heavy atom. The molecule has 0 saturated heterocycles. The van der Waals surface area contributed by atoms with Crippen molar-refractivity contribution in [3.05, 3.63) is 87.1 Å². The van der Waals surface area contributed by atoms with Gasteiger partial charge in [0, 0.05) is 22.5 Å². The molecule has 2 aromatic heterocycles. The van der Waals surface area contributed by atoms with Crippen molar-refractivity contribution in [3.63, 3.8) is 0 Å². The Bertz CT molecular complexity index is 1270. The number of anilines is 1. The fraction of sp³-hybridized carbons (Fsp3) is 0.0500. The molecule has 8 nitrogen and oxygen atoms in total. The van der Waals surface area contributed by atoms with E-state index in [-0.39, 0.29) is 16.3 Å². The molecule has 0 aliphatic carbocycles. The molecule has 0 saturated carbocycles. The summed E-state index contributed by atoms with van der Waals surface area (Å²) >= 11 is 5.82. The van der Waals surface area contributed by atoms with E-state index < -0.39 is 10.8 Å². The molecule has 9 heteroatoms. The number of halogens is 1. The Kier molecular flexibility index (Phi) is 4.69. The first-order chi connectivity index (χ1) is 13.9. The minimum atomic E-state index is -0.645. The summed E-state index contributed by atoms with van der Waals surface area (Å²) in [7, 11) is 0. The van der Waals surface area contributed by atoms with Gasteiger partial charge in [0.15, 0.2) is 5.82 Å². The molecule has 0 unspecified atom stereocenters. The number of nitro groups is 1. The monoisotopic (exact) mass is 407 g/mol. The number of hydrogen-bond donors (Lipinski definition) is 1. The standard InChI is InChI=1S/C20H14ClN5O3/c1-12-10-19(23-20(27)15-8-7-14(21)11-17(15)26(28)29)25(24-12)18-9-6-13-4-2-3-5-16(13)22-18/h2-11H,1H3,(H,23,27). The van der Waals surface area contributed by atoms with Crippen LogP contribution in [0.15, 0.2) is 60.7 Å². The van der Waals surface area contributed by atoms with Gasteiger partial charge in [-0.25, -0.2) is 4.98 Å². The highest BCUT2D eigenvalue weighted by Gasteiger charge is 2.22. The van der Waals surface area contributed by atoms with Gasteiger partial charge in [-0.05, 0) is 37.3 Å². The third-order valence-electron chi connectivity index (χ3n) is 4.27. The summed E-state index contributed by atoms with van der Waals surface area (Å²) in [4.78, 5) is 28.0. The van der Waals surface area contributed by atoms with Crippen molar-refractivity contribution in [2.24, 2.45) is 0 Å². The van der Waals surface area contributed by atoms with Gasteiger partial charge in [0.1, 0.15) is 11.4 Å². The number of aryl methyl sites for hydroxylation is 1. The predicted octanol–water partition coefficient (Wildman–Crippen LogP) is 4.54. The molecule has 4 aromatic rings. The van der Waals surface area contributed by atoms with Crippen molar-refractivity contribution in [3.8, 4) is 5.82 Å². The van der Waals surface area contributed by atoms with E-state index in [9.17, 15) is 14.9 Å². The molecule has 2 heterocycles. The van der Waals surface area contributed by atoms with Crippen LogP contribution >= 0.6 is 11.6 Å². The fourth-order valence-corrected chi connectivity index (χ4v) is 3.13. The van der Waals surface area contributed by atoms with E-state index in [1.807, 2.05) is 30.3 Å². The molecule has 1 amide bonds. The Labute approximate surface area is 169 Å². The van der Waals surface area contributed by atoms with Crippen LogP contribution in [0.4, 0.5) is 11.5 Å². The lowest BCUT2D eigenvalue weighted by atomic mass is 10.1. The number of hydrogen-bond acceptors (Lipinski definition) is 5. The van der Waals surface area contributed by atoms with Gasteiger partial charge in [-0.15, -0.1) is 0 Å². The van der Waals surface area contributed by atoms with Gasteiger partial charge in [0.25, 0.3) is 11.6 Å². The van der Waals surface area contributed by atoms with Crippen LogP contribution in [0.5, 0.6) is 0 Å². The number of nitrogens with zero attached hydrogens (tertiary/aromatic N) is 4. The molecule has 0 atom stereocenters. The van der Waals surface area contributed by atoms with Crippen molar-refractivity contribution in [1.29, 1.82) is 0 Å². The van der Waals surface area contributed by atoms with Gasteiger partial charge in [-0.2, -0.15) is 9.78 Å². The number of fused-ring (bicyclic) bond motifs is 1. The van der Waals surface area contributed by atoms with Gasteiger partial charge < -0.3 is 5.32 Å². The molecule has 0 bridgehead atoms. The average molecular weight is 408 g/mol. The van der Waals surface area contributed by atoms with E-state index >= 15 is 0 Å². The lowest BCUT2D eigenvalue weighted by molar-refractivity contribution is -0.385. The first-order valence-corrected chi connectivity index (χ1v) is 8.98. The minimum absolute atomic E-state index is 0.101. The Morgan fingerprint density at radius 1 is 1.14 bits per heavy atom. The van der Waals surface area contributed by atoms with Crippen LogP contribution in [0.3, 0.4) is 0 Å². The highest BCUT2D eigenvalue weighted by Crippen LogP contribution is 2.25. The summed E-state index contributed by atoms with van der Waals surface area (Å²) in [5.74, 6) is 0.215. The fourth-order valence-electron chi connectivity index (χ4n) is 2.97. The number of benzene rings is 2. The van der Waals surface area contributed by atoms with Crippen molar-refractivity contribution >= 4 is 39.9 Å². The molecule has 0 radical (unpaired) electrons. The maximum atomic E-state index is 12.7. The second-order valence-electron chi connectivity index (χ2n) is 6.32. The molecule has 0 fully saturated rings. The summed E-state index contributed by atoms with van der Waals surface area (Å²) in [6.45, 7) is 1.78. The molecule has 29 heavy (non-hydrogen) atoms. The summed E-state index contributed by atoms with van der Waals surface area (Å²) in [6, 6.07) is 16.9. The quantitative estimate of drug-likeness (QED) is 0.395. The zero-order valence-electron chi connectivity index (χ0n) is 15.2. The van der Waals surface area contributed by atoms with Crippen LogP contribution in [0.25, 0.3) is 16.7 Å². The summed E-state index contributed by atoms with van der Waals surface area (Å²) < 4.78 is 1.49. The van der Waals surface area contributed by atoms with E-state index in [0.29, 0.717) is 17.3 Å². The van der Waals surface area contributed by atoms with Crippen molar-refractivity contribution in [1.82, 2.24) is 14.8 Å². The minimum Gasteiger partial charge on any atom is -0.306 e. The Balaban J connectivity index is 1.72. The smallest absolute Gasteiger partial charge is 0.283 e. The van der Waals surface area contributed by atoms with Gasteiger partial charge in [-0.3, -0.25) is 14.9 Å². The Morgan fingerprint density at radius 3 is 2.72 bits per heavy atom. The van der Waals surface area contributed by atoms with Crippen LogP contribution in [-0.4, -0.2) is 25.6 Å². The largest absolute Gasteiger partial charge is 0.306 e. The van der Waals surface area contributed by atoms with Crippen molar-refractivity contribution < 1.29 is 9.72 Å². The van der Waals surface area contributed by atoms with Crippen LogP contribution in [-0.2, 0) is 0 Å². The highest BCUT2D eigenvalue weighted by atomic mass is 35.5. The number of rotatable bonds is 4. The first-order valence-electron chi connectivity index (χ1n) is 8.60. The average Bonchev–Trinajstić information content (AvgIpc) is 3.07. The molecule has 1 N–H and O–H groups in total. The number of amides is 1. The molecular formula is C20H14ClN5O3. The van der Waals surface area contributed by atoms with E-state index in [1.54, 1.807) is 19.1 Å². The molecule has 144 valence electrons. The van der Waals surface area contributed by atoms with Gasteiger partial charge >= 0.3 is 0 Å². The zero-order valence-corrected chi connectivity index (χ0v) is 15.9. The third kappa shape index (κ3) is 3.65. The zero-order chi connectivity index (χ0) is 20.5. The SMILES string of the molecule is Cc1cc(NC(=O)c2ccc(Cl)cc2[N+](=O)[O-])n(-c2ccc3ccccc3n2)n1. The van der Waals surface area contributed by atoms with Gasteiger partial charge in [0.05, 0.1) is 16.1 Å². The van der Waals surface area contributed by atoms with Gasteiger partial charge in [-0.1, -0.05) is 29.8 Å². The number of pyridine rings is 1. The van der Waals surface area contributed by atoms with E-state index in [0.717, 1.165) is 17.0 Å². The Hall–Kier alpha value is -3.78. The first kappa shape index (κ1) is 18.6. The normalized spacial score (nSPS) is 10.8. The summed E-state index contributed by atoms with van der Waals surface area (Å²) in [6.07, 6.45) is 0. The third-order valence-corrected chi connectivity index (χ3v) is 4.51. The topological polar surface area (TPSA) is 103 Å². The van der Waals surface area contributed by atoms with Crippen LogP contribution in [0.1, 0.15) is 16.1 Å². The lowest BCUT2D eigenvalue weighted by Gasteiger charge is -2.09. The number of carbonyl (C=O) groups is 1. The lowest BCUT2D eigenvalue weighted by Crippen LogP contribution is -2.17. The molecule has 0 aliphatic heterocycles. The number of nitrogens with one attached hydrogen (secondary N) is 1. The highest BCUT2D eigenvalue weighted by molar-refractivity contribution is 6.31. The molecular weight excluding hydrogens is 394 g/mol. The summed E-state index contributed by atoms with van der Waals surface area (Å²) in [5, 5.41) is 19.5. The maximum absolute atomic E-state index is 12.7. The number of para-hydroxylation sites is 1. The molecule has 0 aliphatic rings. The van der Waals surface area contributed by atoms with E-state index in [2.05, 4.69) is 15.4 Å². The predicted molar refractivity (Wildman–Crippen MR) is 110 cm³/mol. The van der Waals surface area contributed by atoms with Crippen molar-refractivity contribution in [2.45, 2.75) is 6.92 Å². The molecule has 4 rings (SSSR count). The molecule has 0 spiro atoms.